The van der Waals surface area contributed by atoms with Crippen LogP contribution < -0.4 is 5.73 Å². The molecule has 0 aliphatic heterocycles. The quantitative estimate of drug-likeness (QED) is 0.322. The molecule has 0 rings (SSSR count). The van der Waals surface area contributed by atoms with Gasteiger partial charge in [-0.1, -0.05) is 6.08 Å². The molecule has 3 heteroatoms. The number of carbonyl (C=O) groups excluding carboxylic acids is 1. The van der Waals surface area contributed by atoms with Crippen LogP contribution >= 0.6 is 0 Å². The topological polar surface area (TPSA) is 63.3 Å². The van der Waals surface area contributed by atoms with Crippen LogP contribution in [0.3, 0.4) is 0 Å². The molecule has 3 N–H and O–H groups in total. The number of allylic oxidation sites excluding steroid dienone is 2. The van der Waals surface area contributed by atoms with E-state index >= 15 is 0 Å². The summed E-state index contributed by atoms with van der Waals surface area (Å²) < 4.78 is 0. The van der Waals surface area contributed by atoms with Gasteiger partial charge in [0, 0.05) is 6.08 Å². The third-order valence-corrected chi connectivity index (χ3v) is 0.714. The van der Waals surface area contributed by atoms with Gasteiger partial charge in [-0.2, -0.15) is 0 Å². The lowest BCUT2D eigenvalue weighted by molar-refractivity contribution is -0.113. The highest BCUT2D eigenvalue weighted by atomic mass is 16.2. The van der Waals surface area contributed by atoms with Gasteiger partial charge in [-0.3, -0.25) is 4.79 Å². The lowest BCUT2D eigenvalue weighted by Gasteiger charge is -1.83. The molecule has 0 saturated carbocycles. The van der Waals surface area contributed by atoms with Gasteiger partial charge in [-0.25, -0.2) is 0 Å². The number of aliphatic hydroxyl groups excluding tert-OH is 1. The summed E-state index contributed by atoms with van der Waals surface area (Å²) in [5.41, 5.74) is 5.35. The van der Waals surface area contributed by atoms with Gasteiger partial charge < -0.3 is 10.8 Å². The Balaban J connectivity index is 3.86. The first kappa shape index (κ1) is 7.75. The zero-order chi connectivity index (χ0) is 7.28. The Kier molecular flexibility index (Phi) is 3.20. The van der Waals surface area contributed by atoms with Crippen molar-refractivity contribution in [3.05, 3.63) is 24.0 Å². The fraction of sp³-hybridized carbons (Fsp3) is 0.167. The van der Waals surface area contributed by atoms with E-state index in [1.165, 1.54) is 12.2 Å². The third-order valence-electron chi connectivity index (χ3n) is 0.714. The highest BCUT2D eigenvalue weighted by molar-refractivity contribution is 5.86. The van der Waals surface area contributed by atoms with E-state index in [0.717, 1.165) is 6.26 Å². The van der Waals surface area contributed by atoms with E-state index in [0.29, 0.717) is 5.57 Å². The molecule has 0 radical (unpaired) electrons. The van der Waals surface area contributed by atoms with Gasteiger partial charge in [0.1, 0.15) is 0 Å². The van der Waals surface area contributed by atoms with E-state index in [2.05, 4.69) is 0 Å². The molecule has 0 atom stereocenters. The van der Waals surface area contributed by atoms with Crippen molar-refractivity contribution in [1.82, 2.24) is 0 Å². The number of amides is 1. The highest BCUT2D eigenvalue weighted by Crippen LogP contribution is 1.90. The van der Waals surface area contributed by atoms with Gasteiger partial charge in [-0.05, 0) is 12.5 Å². The van der Waals surface area contributed by atoms with Crippen LogP contribution in [-0.4, -0.2) is 11.0 Å². The molecule has 9 heavy (non-hydrogen) atoms. The standard InChI is InChI=1S/C6H9NO2/c1-5(4-8)2-3-6(7)9/h2-4,8H,1H3,(H2,7,9)/b3-2-,5-4+. The molecule has 3 nitrogen and oxygen atoms in total. The molecule has 0 saturated heterocycles. The molecule has 1 amide bonds. The summed E-state index contributed by atoms with van der Waals surface area (Å²) >= 11 is 0. The monoisotopic (exact) mass is 127 g/mol. The van der Waals surface area contributed by atoms with Crippen molar-refractivity contribution >= 4 is 5.91 Å². The third kappa shape index (κ3) is 4.61. The Morgan fingerprint density at radius 3 is 2.44 bits per heavy atom. The van der Waals surface area contributed by atoms with Crippen molar-refractivity contribution in [3.63, 3.8) is 0 Å². The fourth-order valence-electron chi connectivity index (χ4n) is 0.257. The predicted molar refractivity (Wildman–Crippen MR) is 34.7 cm³/mol. The van der Waals surface area contributed by atoms with Crippen LogP contribution in [0.4, 0.5) is 0 Å². The average molecular weight is 127 g/mol. The lowest BCUT2D eigenvalue weighted by atomic mass is 10.3. The molecule has 0 bridgehead atoms. The van der Waals surface area contributed by atoms with Gasteiger partial charge in [-0.15, -0.1) is 0 Å². The highest BCUT2D eigenvalue weighted by Gasteiger charge is 1.82. The largest absolute Gasteiger partial charge is 0.515 e. The summed E-state index contributed by atoms with van der Waals surface area (Å²) in [5.74, 6) is -0.517. The van der Waals surface area contributed by atoms with Crippen LogP contribution in [0.1, 0.15) is 6.92 Å². The number of nitrogens with two attached hydrogens (primary N) is 1. The summed E-state index contributed by atoms with van der Waals surface area (Å²) in [7, 11) is 0. The number of rotatable bonds is 2. The van der Waals surface area contributed by atoms with Gasteiger partial charge in [0.05, 0.1) is 6.26 Å². The van der Waals surface area contributed by atoms with Crippen molar-refractivity contribution in [2.45, 2.75) is 6.92 Å². The summed E-state index contributed by atoms with van der Waals surface area (Å²) in [6.07, 6.45) is 3.52. The molecule has 0 aromatic carbocycles. The predicted octanol–water partition coefficient (Wildman–Crippen LogP) is 0.490. The smallest absolute Gasteiger partial charge is 0.241 e. The van der Waals surface area contributed by atoms with E-state index in [1.807, 2.05) is 0 Å². The maximum atomic E-state index is 10.0. The second-order valence-electron chi connectivity index (χ2n) is 1.61. The summed E-state index contributed by atoms with van der Waals surface area (Å²) in [6, 6.07) is 0. The first-order chi connectivity index (χ1) is 4.16. The van der Waals surface area contributed by atoms with E-state index in [-0.39, 0.29) is 0 Å². The Labute approximate surface area is 53.5 Å². The molecule has 0 heterocycles. The average Bonchev–Trinajstić information content (AvgIpc) is 1.83. The fourth-order valence-corrected chi connectivity index (χ4v) is 0.257. The Morgan fingerprint density at radius 2 is 2.11 bits per heavy atom. The minimum Gasteiger partial charge on any atom is -0.515 e. The Hall–Kier alpha value is -1.25. The van der Waals surface area contributed by atoms with Gasteiger partial charge in [0.2, 0.25) is 5.91 Å². The zero-order valence-electron chi connectivity index (χ0n) is 5.16. The number of hydrogen-bond donors (Lipinski definition) is 2. The lowest BCUT2D eigenvalue weighted by Crippen LogP contribution is -2.05. The number of hydrogen-bond acceptors (Lipinski definition) is 2. The molecule has 0 spiro atoms. The molecular formula is C6H9NO2. The van der Waals surface area contributed by atoms with Crippen LogP contribution in [0, 0.1) is 0 Å². The van der Waals surface area contributed by atoms with E-state index in [1.54, 1.807) is 6.92 Å². The van der Waals surface area contributed by atoms with E-state index in [4.69, 9.17) is 10.8 Å². The number of aliphatic hydroxyl groups is 1. The molecule has 0 aliphatic rings. The van der Waals surface area contributed by atoms with Gasteiger partial charge in [0.15, 0.2) is 0 Å². The van der Waals surface area contributed by atoms with Crippen molar-refractivity contribution in [3.8, 4) is 0 Å². The zero-order valence-corrected chi connectivity index (χ0v) is 5.16. The Morgan fingerprint density at radius 1 is 1.56 bits per heavy atom. The summed E-state index contributed by atoms with van der Waals surface area (Å²) in [6.45, 7) is 1.65. The normalized spacial score (nSPS) is 12.3. The van der Waals surface area contributed by atoms with Gasteiger partial charge >= 0.3 is 0 Å². The van der Waals surface area contributed by atoms with Crippen LogP contribution in [0.25, 0.3) is 0 Å². The number of carbonyl (C=O) groups is 1. The molecule has 0 aromatic rings. The SMILES string of the molecule is CC(/C=C\C(N)=O)=C\O. The minimum atomic E-state index is -0.517. The first-order valence-electron chi connectivity index (χ1n) is 2.45. The van der Waals surface area contributed by atoms with Crippen molar-refractivity contribution in [2.75, 3.05) is 0 Å². The van der Waals surface area contributed by atoms with Crippen LogP contribution in [0.2, 0.25) is 0 Å². The number of primary amides is 1. The summed E-state index contributed by atoms with van der Waals surface area (Å²) in [5, 5.41) is 8.28. The van der Waals surface area contributed by atoms with E-state index in [9.17, 15) is 4.79 Å². The first-order valence-corrected chi connectivity index (χ1v) is 2.45. The van der Waals surface area contributed by atoms with Crippen molar-refractivity contribution in [1.29, 1.82) is 0 Å². The molecule has 0 aromatic heterocycles. The molecule has 0 unspecified atom stereocenters. The van der Waals surface area contributed by atoms with E-state index < -0.39 is 5.91 Å². The molecule has 50 valence electrons. The maximum absolute atomic E-state index is 10.0. The second-order valence-corrected chi connectivity index (χ2v) is 1.61. The molecular weight excluding hydrogens is 118 g/mol. The van der Waals surface area contributed by atoms with Crippen LogP contribution in [0.5, 0.6) is 0 Å². The second kappa shape index (κ2) is 3.72. The van der Waals surface area contributed by atoms with Crippen molar-refractivity contribution in [2.24, 2.45) is 5.73 Å². The minimum absolute atomic E-state index is 0.517. The summed E-state index contributed by atoms with van der Waals surface area (Å²) in [4.78, 5) is 10.0. The van der Waals surface area contributed by atoms with Crippen LogP contribution in [0.15, 0.2) is 24.0 Å². The molecule has 0 aliphatic carbocycles. The van der Waals surface area contributed by atoms with Gasteiger partial charge in [0.25, 0.3) is 0 Å². The maximum Gasteiger partial charge on any atom is 0.241 e. The molecule has 0 fully saturated rings. The van der Waals surface area contributed by atoms with Crippen molar-refractivity contribution < 1.29 is 9.90 Å². The van der Waals surface area contributed by atoms with Crippen LogP contribution in [-0.2, 0) is 4.79 Å². The Bertz CT molecular complexity index is 158.